The molecule has 2 N–H and O–H groups in total. The Morgan fingerprint density at radius 1 is 0.833 bits per heavy atom. The zero-order valence-corrected chi connectivity index (χ0v) is 21.6. The lowest BCUT2D eigenvalue weighted by atomic mass is 10.1. The van der Waals surface area contributed by atoms with Gasteiger partial charge in [0.05, 0.1) is 13.2 Å². The molecule has 0 aliphatic carbocycles. The van der Waals surface area contributed by atoms with Gasteiger partial charge in [-0.05, 0) is 50.8 Å². The lowest BCUT2D eigenvalue weighted by Crippen LogP contribution is -2.39. The van der Waals surface area contributed by atoms with Crippen molar-refractivity contribution in [1.82, 2.24) is 0 Å². The molecule has 0 spiro atoms. The Balaban J connectivity index is 2.92. The first-order valence-electron chi connectivity index (χ1n) is 12.0. The third kappa shape index (κ3) is 11.9. The third-order valence-corrected chi connectivity index (χ3v) is 4.90. The molecule has 0 fully saturated rings. The quantitative estimate of drug-likeness (QED) is 0.167. The number of carbonyl (C=O) groups excluding carboxylic acids is 4. The van der Waals surface area contributed by atoms with Crippen LogP contribution >= 0.6 is 0 Å². The monoisotopic (exact) mass is 511 g/mol. The van der Waals surface area contributed by atoms with Crippen molar-refractivity contribution in [3.05, 3.63) is 23.8 Å². The summed E-state index contributed by atoms with van der Waals surface area (Å²) in [6.45, 7) is 8.69. The van der Waals surface area contributed by atoms with Crippen molar-refractivity contribution >= 4 is 24.2 Å². The van der Waals surface area contributed by atoms with Gasteiger partial charge in [0.15, 0.2) is 11.5 Å². The summed E-state index contributed by atoms with van der Waals surface area (Å²) in [5.74, 6) is -1.36. The van der Waals surface area contributed by atoms with Crippen LogP contribution in [-0.4, -0.2) is 55.7 Å². The van der Waals surface area contributed by atoms with Crippen molar-refractivity contribution < 1.29 is 47.6 Å². The van der Waals surface area contributed by atoms with E-state index in [1.54, 1.807) is 19.9 Å². The van der Waals surface area contributed by atoms with E-state index < -0.39 is 42.5 Å². The average Bonchev–Trinajstić information content (AvgIpc) is 2.80. The number of hydrogen-bond acceptors (Lipinski definition) is 11. The second kappa shape index (κ2) is 16.4. The minimum atomic E-state index is -1.06. The van der Waals surface area contributed by atoms with E-state index >= 15 is 0 Å². The van der Waals surface area contributed by atoms with Crippen LogP contribution in [0.25, 0.3) is 0 Å². The first-order chi connectivity index (χ1) is 17.1. The SMILES string of the molecule is CCCCOC(=O)Oc1ccc(C[C@H](N)C(=O)O[C@@H](C)C(C)OC(C)=O)cc1OC(=O)OCCCC. The van der Waals surface area contributed by atoms with E-state index in [1.807, 2.05) is 13.8 Å². The molecular formula is C25H37NO10. The van der Waals surface area contributed by atoms with Gasteiger partial charge < -0.3 is 34.2 Å². The maximum absolute atomic E-state index is 12.4. The summed E-state index contributed by atoms with van der Waals surface area (Å²) in [5, 5.41) is 0. The number of carbonyl (C=O) groups is 4. The molecule has 0 heterocycles. The van der Waals surface area contributed by atoms with Gasteiger partial charge in [-0.25, -0.2) is 9.59 Å². The molecule has 0 amide bonds. The minimum absolute atomic E-state index is 0.0238. The topological polar surface area (TPSA) is 150 Å². The van der Waals surface area contributed by atoms with E-state index in [-0.39, 0.29) is 31.1 Å². The second-order valence-electron chi connectivity index (χ2n) is 8.16. The first kappa shape index (κ1) is 30.7. The predicted molar refractivity (Wildman–Crippen MR) is 129 cm³/mol. The van der Waals surface area contributed by atoms with Crippen LogP contribution in [0.4, 0.5) is 9.59 Å². The average molecular weight is 512 g/mol. The molecule has 0 saturated carbocycles. The maximum Gasteiger partial charge on any atom is 0.513 e. The zero-order chi connectivity index (χ0) is 27.1. The Bertz CT molecular complexity index is 872. The van der Waals surface area contributed by atoms with E-state index in [0.29, 0.717) is 18.4 Å². The van der Waals surface area contributed by atoms with E-state index in [1.165, 1.54) is 19.1 Å². The molecule has 11 nitrogen and oxygen atoms in total. The van der Waals surface area contributed by atoms with Gasteiger partial charge in [0.1, 0.15) is 18.2 Å². The first-order valence-corrected chi connectivity index (χ1v) is 12.0. The second-order valence-corrected chi connectivity index (χ2v) is 8.16. The predicted octanol–water partition coefficient (Wildman–Crippen LogP) is 4.07. The Morgan fingerprint density at radius 2 is 1.36 bits per heavy atom. The molecule has 0 aromatic heterocycles. The zero-order valence-electron chi connectivity index (χ0n) is 21.6. The lowest BCUT2D eigenvalue weighted by Gasteiger charge is -2.22. The van der Waals surface area contributed by atoms with Crippen LogP contribution in [-0.2, 0) is 35.0 Å². The summed E-state index contributed by atoms with van der Waals surface area (Å²) in [5.41, 5.74) is 6.50. The van der Waals surface area contributed by atoms with Gasteiger partial charge in [-0.15, -0.1) is 0 Å². The van der Waals surface area contributed by atoms with Crippen LogP contribution in [0, 0.1) is 0 Å². The van der Waals surface area contributed by atoms with Gasteiger partial charge in [0, 0.05) is 6.92 Å². The van der Waals surface area contributed by atoms with Gasteiger partial charge in [0.25, 0.3) is 0 Å². The lowest BCUT2D eigenvalue weighted by molar-refractivity contribution is -0.164. The summed E-state index contributed by atoms with van der Waals surface area (Å²) in [4.78, 5) is 47.6. The highest BCUT2D eigenvalue weighted by Gasteiger charge is 2.24. The van der Waals surface area contributed by atoms with Crippen molar-refractivity contribution in [3.63, 3.8) is 0 Å². The maximum atomic E-state index is 12.4. The molecule has 1 aromatic rings. The Morgan fingerprint density at radius 3 is 1.89 bits per heavy atom. The van der Waals surface area contributed by atoms with Gasteiger partial charge in [0.2, 0.25) is 0 Å². The fourth-order valence-corrected chi connectivity index (χ4v) is 2.74. The van der Waals surface area contributed by atoms with Crippen LogP contribution in [0.15, 0.2) is 18.2 Å². The smallest absolute Gasteiger partial charge is 0.459 e. The molecule has 1 aromatic carbocycles. The number of ether oxygens (including phenoxy) is 6. The van der Waals surface area contributed by atoms with Gasteiger partial charge in [-0.3, -0.25) is 9.59 Å². The summed E-state index contributed by atoms with van der Waals surface area (Å²) >= 11 is 0. The Labute approximate surface area is 211 Å². The minimum Gasteiger partial charge on any atom is -0.459 e. The summed E-state index contributed by atoms with van der Waals surface area (Å²) in [7, 11) is 0. The van der Waals surface area contributed by atoms with Crippen LogP contribution in [0.1, 0.15) is 65.9 Å². The molecule has 0 saturated heterocycles. The van der Waals surface area contributed by atoms with Gasteiger partial charge >= 0.3 is 24.2 Å². The summed E-state index contributed by atoms with van der Waals surface area (Å²) in [6.07, 6.45) is -0.253. The van der Waals surface area contributed by atoms with Crippen LogP contribution in [0.5, 0.6) is 11.5 Å². The highest BCUT2D eigenvalue weighted by Crippen LogP contribution is 2.30. The highest BCUT2D eigenvalue weighted by atomic mass is 16.7. The molecular weight excluding hydrogens is 474 g/mol. The molecule has 202 valence electrons. The number of rotatable bonds is 14. The van der Waals surface area contributed by atoms with Crippen LogP contribution in [0.3, 0.4) is 0 Å². The molecule has 0 aliphatic heterocycles. The van der Waals surface area contributed by atoms with Crippen molar-refractivity contribution in [3.8, 4) is 11.5 Å². The van der Waals surface area contributed by atoms with E-state index in [0.717, 1.165) is 12.8 Å². The Kier molecular flexibility index (Phi) is 13.9. The highest BCUT2D eigenvalue weighted by molar-refractivity contribution is 5.76. The van der Waals surface area contributed by atoms with Crippen molar-refractivity contribution in [2.75, 3.05) is 13.2 Å². The van der Waals surface area contributed by atoms with Gasteiger partial charge in [-0.2, -0.15) is 0 Å². The molecule has 0 radical (unpaired) electrons. The largest absolute Gasteiger partial charge is 0.513 e. The number of hydrogen-bond donors (Lipinski definition) is 1. The molecule has 1 rings (SSSR count). The van der Waals surface area contributed by atoms with Crippen molar-refractivity contribution in [2.24, 2.45) is 5.73 Å². The fraction of sp³-hybridized carbons (Fsp3) is 0.600. The third-order valence-electron chi connectivity index (χ3n) is 4.90. The number of esters is 2. The number of benzene rings is 1. The van der Waals surface area contributed by atoms with Crippen molar-refractivity contribution in [1.29, 1.82) is 0 Å². The molecule has 11 heteroatoms. The number of nitrogens with two attached hydrogens (primary N) is 1. The van der Waals surface area contributed by atoms with Crippen molar-refractivity contribution in [2.45, 2.75) is 85.0 Å². The standard InChI is InChI=1S/C25H37NO10/c1-6-8-12-31-24(29)35-21-11-10-19(15-22(21)36-25(30)32-13-9-7-2)14-20(26)23(28)34-17(4)16(3)33-18(5)27/h10-11,15-17,20H,6-9,12-14,26H2,1-5H3/t16?,17-,20-/m0/s1. The summed E-state index contributed by atoms with van der Waals surface area (Å²) in [6, 6.07) is 3.30. The Hall–Kier alpha value is -3.34. The molecule has 3 atom stereocenters. The van der Waals surface area contributed by atoms with Gasteiger partial charge in [-0.1, -0.05) is 32.8 Å². The molecule has 36 heavy (non-hydrogen) atoms. The molecule has 1 unspecified atom stereocenters. The fourth-order valence-electron chi connectivity index (χ4n) is 2.74. The molecule has 0 bridgehead atoms. The van der Waals surface area contributed by atoms with E-state index in [2.05, 4.69) is 0 Å². The van der Waals surface area contributed by atoms with E-state index in [4.69, 9.17) is 34.2 Å². The van der Waals surface area contributed by atoms with E-state index in [9.17, 15) is 19.2 Å². The van der Waals surface area contributed by atoms with Crippen LogP contribution in [0.2, 0.25) is 0 Å². The summed E-state index contributed by atoms with van der Waals surface area (Å²) < 4.78 is 30.7. The number of unbranched alkanes of at least 4 members (excludes halogenated alkanes) is 2. The normalized spacial score (nSPS) is 13.1. The molecule has 0 aliphatic rings. The van der Waals surface area contributed by atoms with Crippen LogP contribution < -0.4 is 15.2 Å².